The normalized spacial score (nSPS) is 20.9. The van der Waals surface area contributed by atoms with E-state index >= 15 is 0 Å². The number of hydrogen-bond donors (Lipinski definition) is 2. The number of carbonyl (C=O) groups excluding carboxylic acids is 1. The minimum Gasteiger partial charge on any atom is -0.393 e. The molecule has 2 unspecified atom stereocenters. The Morgan fingerprint density at radius 1 is 1.60 bits per heavy atom. The van der Waals surface area contributed by atoms with E-state index in [2.05, 4.69) is 10.2 Å². The Morgan fingerprint density at radius 3 is 3.05 bits per heavy atom. The molecule has 1 aromatic carbocycles. The smallest absolute Gasteiger partial charge is 0.225 e. The number of amides is 1. The molecule has 5 heteroatoms. The molecule has 110 valence electrons. The van der Waals surface area contributed by atoms with Crippen LogP contribution in [0.25, 0.3) is 0 Å². The molecule has 1 fully saturated rings. The van der Waals surface area contributed by atoms with Crippen LogP contribution in [0.1, 0.15) is 19.8 Å². The van der Waals surface area contributed by atoms with Crippen LogP contribution < -0.4 is 5.32 Å². The van der Waals surface area contributed by atoms with Crippen molar-refractivity contribution in [2.45, 2.75) is 25.9 Å². The van der Waals surface area contributed by atoms with E-state index in [1.807, 2.05) is 6.92 Å². The predicted molar refractivity (Wildman–Crippen MR) is 75.9 cm³/mol. The molecular weight excluding hydrogens is 259 g/mol. The maximum atomic E-state index is 13.0. The summed E-state index contributed by atoms with van der Waals surface area (Å²) in [7, 11) is 0. The molecule has 1 aromatic rings. The molecule has 1 saturated heterocycles. The highest BCUT2D eigenvalue weighted by atomic mass is 19.1. The second kappa shape index (κ2) is 6.81. The number of benzene rings is 1. The van der Waals surface area contributed by atoms with Gasteiger partial charge in [-0.3, -0.25) is 4.79 Å². The van der Waals surface area contributed by atoms with Gasteiger partial charge in [-0.2, -0.15) is 0 Å². The maximum Gasteiger partial charge on any atom is 0.225 e. The molecule has 2 N–H and O–H groups in total. The van der Waals surface area contributed by atoms with E-state index in [4.69, 9.17) is 0 Å². The topological polar surface area (TPSA) is 52.6 Å². The number of halogens is 1. The number of aliphatic hydroxyl groups is 1. The van der Waals surface area contributed by atoms with E-state index < -0.39 is 0 Å². The van der Waals surface area contributed by atoms with Crippen molar-refractivity contribution in [2.75, 3.05) is 25.0 Å². The molecule has 0 saturated carbocycles. The Kier molecular flexibility index (Phi) is 5.09. The minimum absolute atomic E-state index is 0.115. The van der Waals surface area contributed by atoms with Crippen LogP contribution in [0.15, 0.2) is 24.3 Å². The fourth-order valence-corrected chi connectivity index (χ4v) is 2.51. The average molecular weight is 280 g/mol. The summed E-state index contributed by atoms with van der Waals surface area (Å²) in [6.45, 7) is 4.24. The summed E-state index contributed by atoms with van der Waals surface area (Å²) in [5.74, 6) is -0.167. The molecule has 0 spiro atoms. The van der Waals surface area contributed by atoms with E-state index in [9.17, 15) is 14.3 Å². The van der Waals surface area contributed by atoms with Gasteiger partial charge in [0, 0.05) is 25.2 Å². The summed E-state index contributed by atoms with van der Waals surface area (Å²) in [6, 6.07) is 5.88. The zero-order chi connectivity index (χ0) is 14.5. The van der Waals surface area contributed by atoms with Crippen LogP contribution in [0.2, 0.25) is 0 Å². The first-order chi connectivity index (χ1) is 9.54. The summed E-state index contributed by atoms with van der Waals surface area (Å²) < 4.78 is 13.0. The van der Waals surface area contributed by atoms with E-state index in [0.717, 1.165) is 19.5 Å². The number of hydrogen-bond acceptors (Lipinski definition) is 3. The van der Waals surface area contributed by atoms with Crippen LogP contribution >= 0.6 is 0 Å². The molecule has 0 aliphatic carbocycles. The number of rotatable bonds is 5. The summed E-state index contributed by atoms with van der Waals surface area (Å²) in [6.07, 6.45) is 1.06. The highest BCUT2D eigenvalue weighted by Crippen LogP contribution is 2.19. The van der Waals surface area contributed by atoms with Gasteiger partial charge in [-0.1, -0.05) is 6.07 Å². The van der Waals surface area contributed by atoms with Gasteiger partial charge in [-0.15, -0.1) is 0 Å². The minimum atomic E-state index is -0.359. The van der Waals surface area contributed by atoms with E-state index in [1.165, 1.54) is 12.1 Å². The van der Waals surface area contributed by atoms with Gasteiger partial charge in [0.25, 0.3) is 0 Å². The molecule has 4 nitrogen and oxygen atoms in total. The molecule has 1 aliphatic rings. The predicted octanol–water partition coefficient (Wildman–Crippen LogP) is 1.86. The number of nitrogens with one attached hydrogen (secondary N) is 1. The van der Waals surface area contributed by atoms with Crippen molar-refractivity contribution < 1.29 is 14.3 Å². The summed E-state index contributed by atoms with van der Waals surface area (Å²) in [5.41, 5.74) is 0.485. The van der Waals surface area contributed by atoms with Gasteiger partial charge in [-0.05, 0) is 44.0 Å². The largest absolute Gasteiger partial charge is 0.393 e. The van der Waals surface area contributed by atoms with Gasteiger partial charge in [0.2, 0.25) is 5.91 Å². The first-order valence-electron chi connectivity index (χ1n) is 7.00. The van der Waals surface area contributed by atoms with Gasteiger partial charge in [0.1, 0.15) is 5.82 Å². The summed E-state index contributed by atoms with van der Waals surface area (Å²) in [4.78, 5) is 14.0. The average Bonchev–Trinajstić information content (AvgIpc) is 2.85. The van der Waals surface area contributed by atoms with Gasteiger partial charge in [0.05, 0.1) is 6.10 Å². The highest BCUT2D eigenvalue weighted by Gasteiger charge is 2.25. The zero-order valence-corrected chi connectivity index (χ0v) is 11.7. The molecule has 2 atom stereocenters. The molecule has 2 rings (SSSR count). The lowest BCUT2D eigenvalue weighted by Gasteiger charge is -2.17. The fraction of sp³-hybridized carbons (Fsp3) is 0.533. The van der Waals surface area contributed by atoms with Gasteiger partial charge < -0.3 is 15.3 Å². The molecule has 0 bridgehead atoms. The molecule has 1 aliphatic heterocycles. The van der Waals surface area contributed by atoms with Crippen LogP contribution in [-0.4, -0.2) is 41.7 Å². The number of likely N-dealkylation sites (tertiary alicyclic amines) is 1. The third-order valence-corrected chi connectivity index (χ3v) is 3.75. The van der Waals surface area contributed by atoms with Crippen LogP contribution in [0.5, 0.6) is 0 Å². The lowest BCUT2D eigenvalue weighted by molar-refractivity contribution is -0.116. The van der Waals surface area contributed by atoms with Crippen LogP contribution in [-0.2, 0) is 4.79 Å². The lowest BCUT2D eigenvalue weighted by atomic mass is 10.0. The maximum absolute atomic E-state index is 13.0. The van der Waals surface area contributed by atoms with Gasteiger partial charge in [0.15, 0.2) is 0 Å². The van der Waals surface area contributed by atoms with Gasteiger partial charge >= 0.3 is 0 Å². The van der Waals surface area contributed by atoms with Crippen molar-refractivity contribution in [3.8, 4) is 0 Å². The van der Waals surface area contributed by atoms with Crippen molar-refractivity contribution >= 4 is 11.6 Å². The van der Waals surface area contributed by atoms with E-state index in [1.54, 1.807) is 12.1 Å². The van der Waals surface area contributed by atoms with Crippen LogP contribution in [0, 0.1) is 11.7 Å². The molecule has 1 heterocycles. The second-order valence-electron chi connectivity index (χ2n) is 5.40. The standard InChI is InChI=1S/C15H21FN2O2/c1-11(19)12-5-7-18(10-12)8-6-15(20)17-14-4-2-3-13(16)9-14/h2-4,9,11-12,19H,5-8,10H2,1H3,(H,17,20). The Hall–Kier alpha value is -1.46. The van der Waals surface area contributed by atoms with Crippen molar-refractivity contribution in [3.05, 3.63) is 30.1 Å². The summed E-state index contributed by atoms with van der Waals surface area (Å²) in [5, 5.41) is 12.2. The molecular formula is C15H21FN2O2. The molecule has 0 aromatic heterocycles. The monoisotopic (exact) mass is 280 g/mol. The quantitative estimate of drug-likeness (QED) is 0.865. The Bertz CT molecular complexity index is 465. The third-order valence-electron chi connectivity index (χ3n) is 3.75. The fourth-order valence-electron chi connectivity index (χ4n) is 2.51. The van der Waals surface area contributed by atoms with Crippen LogP contribution in [0.4, 0.5) is 10.1 Å². The Morgan fingerprint density at radius 2 is 2.40 bits per heavy atom. The lowest BCUT2D eigenvalue weighted by Crippen LogP contribution is -2.27. The summed E-state index contributed by atoms with van der Waals surface area (Å²) >= 11 is 0. The van der Waals surface area contributed by atoms with Gasteiger partial charge in [-0.25, -0.2) is 4.39 Å². The van der Waals surface area contributed by atoms with Crippen molar-refractivity contribution in [3.63, 3.8) is 0 Å². The first-order valence-corrected chi connectivity index (χ1v) is 7.00. The number of anilines is 1. The molecule has 1 amide bonds. The van der Waals surface area contributed by atoms with Crippen molar-refractivity contribution in [1.82, 2.24) is 4.90 Å². The second-order valence-corrected chi connectivity index (χ2v) is 5.40. The highest BCUT2D eigenvalue weighted by molar-refractivity contribution is 5.90. The molecule has 20 heavy (non-hydrogen) atoms. The van der Waals surface area contributed by atoms with E-state index in [-0.39, 0.29) is 17.8 Å². The van der Waals surface area contributed by atoms with Crippen molar-refractivity contribution in [1.29, 1.82) is 0 Å². The number of aliphatic hydroxyl groups excluding tert-OH is 1. The number of nitrogens with zero attached hydrogens (tertiary/aromatic N) is 1. The first kappa shape index (κ1) is 14.9. The number of carbonyl (C=O) groups is 1. The third kappa shape index (κ3) is 4.28. The zero-order valence-electron chi connectivity index (χ0n) is 11.7. The van der Waals surface area contributed by atoms with E-state index in [0.29, 0.717) is 24.6 Å². The Balaban J connectivity index is 1.73. The Labute approximate surface area is 118 Å². The van der Waals surface area contributed by atoms with Crippen LogP contribution in [0.3, 0.4) is 0 Å². The molecule has 0 radical (unpaired) electrons. The van der Waals surface area contributed by atoms with Crippen molar-refractivity contribution in [2.24, 2.45) is 5.92 Å². The SMILES string of the molecule is CC(O)C1CCN(CCC(=O)Nc2cccc(F)c2)C1.